The Labute approximate surface area is 115 Å². The van der Waals surface area contributed by atoms with Crippen molar-refractivity contribution in [2.75, 3.05) is 0 Å². The summed E-state index contributed by atoms with van der Waals surface area (Å²) in [4.78, 5) is 11.3. The quantitative estimate of drug-likeness (QED) is 0.519. The Bertz CT molecular complexity index is 928. The molecular weight excluding hydrogens is 246 g/mol. The number of nitrogens with one attached hydrogen (secondary N) is 1. The molecule has 0 spiro atoms. The lowest BCUT2D eigenvalue weighted by atomic mass is 9.93. The third-order valence-electron chi connectivity index (χ3n) is 3.88. The number of benzene rings is 4. The number of nitroso groups, excluding NO2 is 1. The first-order chi connectivity index (χ1) is 9.90. The minimum absolute atomic E-state index is 0.629. The van der Waals surface area contributed by atoms with Gasteiger partial charge in [0.15, 0.2) is 0 Å². The highest BCUT2D eigenvalue weighted by molar-refractivity contribution is 6.27. The van der Waals surface area contributed by atoms with E-state index in [0.717, 1.165) is 16.2 Å². The Morgan fingerprint density at radius 2 is 1.00 bits per heavy atom. The van der Waals surface area contributed by atoms with E-state index in [4.69, 9.17) is 0 Å². The summed E-state index contributed by atoms with van der Waals surface area (Å²) in [7, 11) is 0. The molecule has 0 unspecified atom stereocenters. The fourth-order valence-electron chi connectivity index (χ4n) is 3.04. The van der Waals surface area contributed by atoms with Crippen molar-refractivity contribution >= 4 is 38.0 Å². The lowest BCUT2D eigenvalue weighted by molar-refractivity contribution is -0.377. The van der Waals surface area contributed by atoms with Crippen LogP contribution in [0.15, 0.2) is 66.7 Å². The van der Waals surface area contributed by atoms with E-state index in [9.17, 15) is 4.91 Å². The van der Waals surface area contributed by atoms with Gasteiger partial charge in [-0.1, -0.05) is 60.7 Å². The van der Waals surface area contributed by atoms with E-state index < -0.39 is 0 Å². The van der Waals surface area contributed by atoms with Crippen molar-refractivity contribution in [3.63, 3.8) is 0 Å². The first-order valence-corrected chi connectivity index (χ1v) is 6.60. The van der Waals surface area contributed by atoms with Crippen LogP contribution >= 0.6 is 0 Å². The summed E-state index contributed by atoms with van der Waals surface area (Å²) in [5.41, 5.74) is 0.629. The molecule has 4 aromatic carbocycles. The smallest absolute Gasteiger partial charge is 0.0616 e. The zero-order valence-electron chi connectivity index (χ0n) is 10.8. The van der Waals surface area contributed by atoms with Crippen LogP contribution in [-0.2, 0) is 0 Å². The topological polar surface area (TPSA) is 31.0 Å². The number of hydrogen-bond acceptors (Lipinski definition) is 1. The van der Waals surface area contributed by atoms with Crippen molar-refractivity contribution in [2.24, 2.45) is 0 Å². The molecule has 20 heavy (non-hydrogen) atoms. The summed E-state index contributed by atoms with van der Waals surface area (Å²) >= 11 is 0. The second-order valence-corrected chi connectivity index (χ2v) is 4.92. The molecule has 0 saturated carbocycles. The third-order valence-corrected chi connectivity index (χ3v) is 3.88. The number of rotatable bonds is 1. The maximum atomic E-state index is 11.3. The predicted molar refractivity (Wildman–Crippen MR) is 82.9 cm³/mol. The van der Waals surface area contributed by atoms with Crippen molar-refractivity contribution in [3.8, 4) is 0 Å². The van der Waals surface area contributed by atoms with Gasteiger partial charge >= 0.3 is 0 Å². The largest absolute Gasteiger partial charge is 0.261 e. The van der Waals surface area contributed by atoms with E-state index in [-0.39, 0.29) is 0 Å². The van der Waals surface area contributed by atoms with Gasteiger partial charge in [-0.3, -0.25) is 0 Å². The van der Waals surface area contributed by atoms with Crippen molar-refractivity contribution in [1.29, 1.82) is 0 Å². The molecule has 0 aliphatic rings. The number of fused-ring (bicyclic) bond motifs is 6. The van der Waals surface area contributed by atoms with Gasteiger partial charge in [-0.25, -0.2) is 0 Å². The van der Waals surface area contributed by atoms with Crippen LogP contribution in [0.3, 0.4) is 0 Å². The van der Waals surface area contributed by atoms with Gasteiger partial charge in [-0.2, -0.15) is 0 Å². The molecule has 2 heteroatoms. The van der Waals surface area contributed by atoms with Crippen molar-refractivity contribution in [1.82, 2.24) is 0 Å². The zero-order valence-corrected chi connectivity index (χ0v) is 10.8. The molecule has 0 heterocycles. The normalized spacial score (nSPS) is 11.2. The van der Waals surface area contributed by atoms with E-state index in [1.807, 2.05) is 30.3 Å². The fraction of sp³-hybridized carbons (Fsp3) is 0. The summed E-state index contributed by atoms with van der Waals surface area (Å²) < 4.78 is 0. The van der Waals surface area contributed by atoms with E-state index in [2.05, 4.69) is 41.6 Å². The van der Waals surface area contributed by atoms with Gasteiger partial charge < -0.3 is 0 Å². The van der Waals surface area contributed by atoms with Gasteiger partial charge in [0.25, 0.3) is 5.69 Å². The Kier molecular flexibility index (Phi) is 2.30. The first kappa shape index (κ1) is 11.1. The van der Waals surface area contributed by atoms with Crippen LogP contribution < -0.4 is 5.18 Å². The van der Waals surface area contributed by atoms with Crippen molar-refractivity contribution in [3.05, 3.63) is 71.6 Å². The van der Waals surface area contributed by atoms with Gasteiger partial charge in [0.2, 0.25) is 0 Å². The average molecular weight is 258 g/mol. The van der Waals surface area contributed by atoms with Gasteiger partial charge in [0.05, 0.1) is 5.39 Å². The molecular formula is C18H12NO+. The lowest BCUT2D eigenvalue weighted by Crippen LogP contribution is -2.55. The van der Waals surface area contributed by atoms with Crippen LogP contribution in [0.2, 0.25) is 0 Å². The van der Waals surface area contributed by atoms with E-state index >= 15 is 0 Å². The summed E-state index contributed by atoms with van der Waals surface area (Å²) in [5.74, 6) is 0. The fourth-order valence-corrected chi connectivity index (χ4v) is 3.04. The van der Waals surface area contributed by atoms with Gasteiger partial charge in [0, 0.05) is 16.2 Å². The second-order valence-electron chi connectivity index (χ2n) is 4.92. The average Bonchev–Trinajstić information content (AvgIpc) is 2.54. The van der Waals surface area contributed by atoms with Crippen molar-refractivity contribution < 1.29 is 5.18 Å². The minimum Gasteiger partial charge on any atom is -0.0616 e. The SMILES string of the molecule is O=[NH+]c1cccc2c3ccccc3c3ccccc3c12. The summed E-state index contributed by atoms with van der Waals surface area (Å²) in [6.07, 6.45) is 0. The second kappa shape index (κ2) is 4.14. The molecule has 94 valence electrons. The van der Waals surface area contributed by atoms with Gasteiger partial charge in [-0.05, 0) is 26.9 Å². The van der Waals surface area contributed by atoms with Crippen LogP contribution in [0.25, 0.3) is 32.3 Å². The minimum atomic E-state index is 0.629. The first-order valence-electron chi connectivity index (χ1n) is 6.60. The summed E-state index contributed by atoms with van der Waals surface area (Å²) in [6, 6.07) is 22.4. The molecule has 0 saturated heterocycles. The molecule has 0 aliphatic carbocycles. The number of hydrogen-bond donors (Lipinski definition) is 1. The zero-order chi connectivity index (χ0) is 13.5. The van der Waals surface area contributed by atoms with E-state index in [0.29, 0.717) is 5.69 Å². The maximum absolute atomic E-state index is 11.3. The molecule has 0 atom stereocenters. The Hall–Kier alpha value is -2.74. The highest BCUT2D eigenvalue weighted by Crippen LogP contribution is 2.36. The molecule has 4 rings (SSSR count). The Morgan fingerprint density at radius 1 is 0.550 bits per heavy atom. The standard InChI is InChI=1S/C18H11NO/c20-19-17-11-5-10-16-14-7-2-1-6-12(14)13-8-3-4-9-15(13)18(16)17/h1-11H/p+1. The van der Waals surface area contributed by atoms with Gasteiger partial charge in [-0.15, -0.1) is 0 Å². The maximum Gasteiger partial charge on any atom is 0.261 e. The van der Waals surface area contributed by atoms with Crippen LogP contribution in [0.1, 0.15) is 0 Å². The van der Waals surface area contributed by atoms with Crippen LogP contribution in [0.4, 0.5) is 5.69 Å². The summed E-state index contributed by atoms with van der Waals surface area (Å²) in [5, 5.41) is 8.88. The Balaban J connectivity index is 2.46. The predicted octanol–water partition coefficient (Wildman–Crippen LogP) is 3.62. The third kappa shape index (κ3) is 1.39. The monoisotopic (exact) mass is 258 g/mol. The van der Waals surface area contributed by atoms with Gasteiger partial charge in [0.1, 0.15) is 0 Å². The molecule has 0 amide bonds. The van der Waals surface area contributed by atoms with Crippen LogP contribution in [-0.4, -0.2) is 0 Å². The van der Waals surface area contributed by atoms with Crippen LogP contribution in [0, 0.1) is 4.91 Å². The van der Waals surface area contributed by atoms with E-state index in [1.54, 1.807) is 0 Å². The molecule has 4 aromatic rings. The molecule has 0 fully saturated rings. The molecule has 1 N–H and O–H groups in total. The van der Waals surface area contributed by atoms with E-state index in [1.165, 1.54) is 16.2 Å². The molecule has 0 bridgehead atoms. The molecule has 2 nitrogen and oxygen atoms in total. The molecule has 0 radical (unpaired) electrons. The summed E-state index contributed by atoms with van der Waals surface area (Å²) in [6.45, 7) is 0. The Morgan fingerprint density at radius 3 is 1.55 bits per heavy atom. The lowest BCUT2D eigenvalue weighted by Gasteiger charge is -2.09. The molecule has 0 aromatic heterocycles. The highest BCUT2D eigenvalue weighted by atomic mass is 16.3. The van der Waals surface area contributed by atoms with Crippen molar-refractivity contribution in [2.45, 2.75) is 0 Å². The molecule has 0 aliphatic heterocycles. The highest BCUT2D eigenvalue weighted by Gasteiger charge is 2.13. The van der Waals surface area contributed by atoms with Crippen LogP contribution in [0.5, 0.6) is 0 Å².